The average molecular weight is 312 g/mol. The van der Waals surface area contributed by atoms with Crippen molar-refractivity contribution in [2.75, 3.05) is 6.54 Å². The van der Waals surface area contributed by atoms with Gasteiger partial charge in [0.05, 0.1) is 5.02 Å². The zero-order valence-corrected chi connectivity index (χ0v) is 13.3. The molecule has 1 unspecified atom stereocenters. The molecule has 0 spiro atoms. The summed E-state index contributed by atoms with van der Waals surface area (Å²) in [6, 6.07) is 9.57. The summed E-state index contributed by atoms with van der Waals surface area (Å²) in [4.78, 5) is 2.59. The van der Waals surface area contributed by atoms with Crippen LogP contribution in [0.4, 0.5) is 4.39 Å². The highest BCUT2D eigenvalue weighted by Crippen LogP contribution is 2.27. The van der Waals surface area contributed by atoms with E-state index in [9.17, 15) is 4.39 Å². The van der Waals surface area contributed by atoms with Gasteiger partial charge in [-0.2, -0.15) is 0 Å². The molecule has 4 heteroatoms. The Hall–Kier alpha value is -0.900. The lowest BCUT2D eigenvalue weighted by atomic mass is 10.0. The van der Waals surface area contributed by atoms with Crippen LogP contribution in [-0.4, -0.2) is 6.54 Å². The SMILES string of the molecule is CCCNC(Cc1ccc(Cl)c(F)c1)c1ccc(C)s1. The van der Waals surface area contributed by atoms with E-state index in [1.807, 2.05) is 6.07 Å². The van der Waals surface area contributed by atoms with Crippen molar-refractivity contribution in [3.63, 3.8) is 0 Å². The van der Waals surface area contributed by atoms with E-state index in [-0.39, 0.29) is 16.9 Å². The third kappa shape index (κ3) is 4.05. The normalized spacial score (nSPS) is 12.6. The smallest absolute Gasteiger partial charge is 0.142 e. The predicted octanol–water partition coefficient (Wildman–Crippen LogP) is 5.13. The van der Waals surface area contributed by atoms with Crippen molar-refractivity contribution in [2.24, 2.45) is 0 Å². The monoisotopic (exact) mass is 311 g/mol. The number of hydrogen-bond donors (Lipinski definition) is 1. The summed E-state index contributed by atoms with van der Waals surface area (Å²) in [5, 5.41) is 3.72. The third-order valence-corrected chi connectivity index (χ3v) is 4.59. The lowest BCUT2D eigenvalue weighted by Crippen LogP contribution is -2.23. The molecule has 0 amide bonds. The first-order chi connectivity index (χ1) is 9.60. The standard InChI is InChI=1S/C16H19ClFNS/c1-3-8-19-15(16-7-4-11(2)20-16)10-12-5-6-13(17)14(18)9-12/h4-7,9,15,19H,3,8,10H2,1-2H3. The molecule has 0 saturated heterocycles. The minimum Gasteiger partial charge on any atom is -0.309 e. The maximum absolute atomic E-state index is 13.5. The Kier molecular flexibility index (Phi) is 5.58. The Bertz CT molecular complexity index is 567. The van der Waals surface area contributed by atoms with E-state index in [1.165, 1.54) is 15.8 Å². The Morgan fingerprint density at radius 1 is 1.30 bits per heavy atom. The molecule has 1 heterocycles. The highest BCUT2D eigenvalue weighted by Gasteiger charge is 2.14. The lowest BCUT2D eigenvalue weighted by molar-refractivity contribution is 0.534. The number of hydrogen-bond acceptors (Lipinski definition) is 2. The molecule has 0 saturated carbocycles. The van der Waals surface area contributed by atoms with Crippen LogP contribution < -0.4 is 5.32 Å². The molecule has 2 aromatic rings. The third-order valence-electron chi connectivity index (χ3n) is 3.17. The molecule has 1 N–H and O–H groups in total. The van der Waals surface area contributed by atoms with E-state index in [0.717, 1.165) is 24.9 Å². The fraction of sp³-hybridized carbons (Fsp3) is 0.375. The molecule has 1 nitrogen and oxygen atoms in total. The molecule has 108 valence electrons. The van der Waals surface area contributed by atoms with E-state index in [1.54, 1.807) is 17.4 Å². The molecule has 1 aromatic heterocycles. The molecule has 0 fully saturated rings. The predicted molar refractivity (Wildman–Crippen MR) is 85.2 cm³/mol. The summed E-state index contributed by atoms with van der Waals surface area (Å²) in [6.45, 7) is 5.20. The summed E-state index contributed by atoms with van der Waals surface area (Å²) in [7, 11) is 0. The molecule has 2 rings (SSSR count). The number of thiophene rings is 1. The van der Waals surface area contributed by atoms with Gasteiger partial charge in [0.15, 0.2) is 0 Å². The van der Waals surface area contributed by atoms with Crippen molar-refractivity contribution in [1.82, 2.24) is 5.32 Å². The summed E-state index contributed by atoms with van der Waals surface area (Å²) in [5.74, 6) is -0.347. The largest absolute Gasteiger partial charge is 0.309 e. The van der Waals surface area contributed by atoms with E-state index in [0.29, 0.717) is 0 Å². The Morgan fingerprint density at radius 2 is 2.10 bits per heavy atom. The van der Waals surface area contributed by atoms with Gasteiger partial charge in [-0.15, -0.1) is 11.3 Å². The highest BCUT2D eigenvalue weighted by atomic mass is 35.5. The van der Waals surface area contributed by atoms with Crippen LogP contribution in [0.1, 0.15) is 34.7 Å². The van der Waals surface area contributed by atoms with Gasteiger partial charge in [-0.25, -0.2) is 4.39 Å². The van der Waals surface area contributed by atoms with E-state index >= 15 is 0 Å². The molecular weight excluding hydrogens is 293 g/mol. The van der Waals surface area contributed by atoms with Gasteiger partial charge in [0, 0.05) is 15.8 Å². The molecule has 1 aromatic carbocycles. The fourth-order valence-corrected chi connectivity index (χ4v) is 3.21. The Balaban J connectivity index is 2.16. The average Bonchev–Trinajstić information content (AvgIpc) is 2.85. The molecule has 0 bridgehead atoms. The van der Waals surface area contributed by atoms with E-state index in [2.05, 4.69) is 31.3 Å². The van der Waals surface area contributed by atoms with E-state index < -0.39 is 0 Å². The second kappa shape index (κ2) is 7.21. The van der Waals surface area contributed by atoms with Crippen molar-refractivity contribution >= 4 is 22.9 Å². The van der Waals surface area contributed by atoms with Crippen molar-refractivity contribution < 1.29 is 4.39 Å². The number of benzene rings is 1. The van der Waals surface area contributed by atoms with Gasteiger partial charge in [-0.3, -0.25) is 0 Å². The van der Waals surface area contributed by atoms with Gasteiger partial charge in [0.1, 0.15) is 5.82 Å². The zero-order valence-electron chi connectivity index (χ0n) is 11.7. The van der Waals surface area contributed by atoms with Crippen LogP contribution in [0.3, 0.4) is 0 Å². The van der Waals surface area contributed by atoms with Crippen LogP contribution in [0, 0.1) is 12.7 Å². The second-order valence-electron chi connectivity index (χ2n) is 4.91. The first-order valence-corrected chi connectivity index (χ1v) is 8.03. The lowest BCUT2D eigenvalue weighted by Gasteiger charge is -2.17. The molecule has 20 heavy (non-hydrogen) atoms. The Labute approximate surface area is 128 Å². The summed E-state index contributed by atoms with van der Waals surface area (Å²) in [5.41, 5.74) is 0.964. The first-order valence-electron chi connectivity index (χ1n) is 6.83. The van der Waals surface area contributed by atoms with Crippen molar-refractivity contribution in [3.05, 3.63) is 56.5 Å². The van der Waals surface area contributed by atoms with Crippen LogP contribution in [0.5, 0.6) is 0 Å². The zero-order chi connectivity index (χ0) is 14.5. The second-order valence-corrected chi connectivity index (χ2v) is 6.63. The minimum atomic E-state index is -0.347. The van der Waals surface area contributed by atoms with Crippen LogP contribution in [0.2, 0.25) is 5.02 Å². The van der Waals surface area contributed by atoms with Gasteiger partial charge >= 0.3 is 0 Å². The minimum absolute atomic E-state index is 0.179. The molecule has 0 aliphatic rings. The molecule has 1 atom stereocenters. The Morgan fingerprint density at radius 3 is 2.70 bits per heavy atom. The number of nitrogens with one attached hydrogen (secondary N) is 1. The van der Waals surface area contributed by atoms with Gasteiger partial charge in [-0.05, 0) is 56.1 Å². The van der Waals surface area contributed by atoms with Crippen LogP contribution in [0.25, 0.3) is 0 Å². The van der Waals surface area contributed by atoms with Crippen molar-refractivity contribution in [3.8, 4) is 0 Å². The molecule has 0 aliphatic carbocycles. The van der Waals surface area contributed by atoms with Crippen molar-refractivity contribution in [1.29, 1.82) is 0 Å². The summed E-state index contributed by atoms with van der Waals surface area (Å²) in [6.07, 6.45) is 1.85. The topological polar surface area (TPSA) is 12.0 Å². The van der Waals surface area contributed by atoms with Crippen LogP contribution in [0.15, 0.2) is 30.3 Å². The quantitative estimate of drug-likeness (QED) is 0.779. The van der Waals surface area contributed by atoms with Crippen LogP contribution in [-0.2, 0) is 6.42 Å². The number of aryl methyl sites for hydroxylation is 1. The van der Waals surface area contributed by atoms with Crippen molar-refractivity contribution in [2.45, 2.75) is 32.7 Å². The van der Waals surface area contributed by atoms with Gasteiger partial charge in [0.25, 0.3) is 0 Å². The summed E-state index contributed by atoms with van der Waals surface area (Å²) >= 11 is 7.52. The van der Waals surface area contributed by atoms with Gasteiger partial charge < -0.3 is 5.32 Å². The molecule has 0 aliphatic heterocycles. The van der Waals surface area contributed by atoms with Crippen LogP contribution >= 0.6 is 22.9 Å². The van der Waals surface area contributed by atoms with E-state index in [4.69, 9.17) is 11.6 Å². The van der Waals surface area contributed by atoms with Gasteiger partial charge in [0.2, 0.25) is 0 Å². The first kappa shape index (κ1) is 15.5. The maximum atomic E-state index is 13.5. The highest BCUT2D eigenvalue weighted by molar-refractivity contribution is 7.12. The number of rotatable bonds is 6. The summed E-state index contributed by atoms with van der Waals surface area (Å²) < 4.78 is 13.5. The maximum Gasteiger partial charge on any atom is 0.142 e. The van der Waals surface area contributed by atoms with Gasteiger partial charge in [-0.1, -0.05) is 24.6 Å². The number of halogens is 2. The molecule has 0 radical (unpaired) electrons. The molecular formula is C16H19ClFNS. The fourth-order valence-electron chi connectivity index (χ4n) is 2.13.